The summed E-state index contributed by atoms with van der Waals surface area (Å²) < 4.78 is 15.2. The van der Waals surface area contributed by atoms with Gasteiger partial charge in [-0.05, 0) is 49.0 Å². The van der Waals surface area contributed by atoms with E-state index in [1.165, 1.54) is 28.2 Å². The van der Waals surface area contributed by atoms with Gasteiger partial charge in [-0.25, -0.2) is 14.1 Å². The van der Waals surface area contributed by atoms with Crippen LogP contribution >= 0.6 is 23.7 Å². The fourth-order valence-electron chi connectivity index (χ4n) is 2.99. The Bertz CT molecular complexity index is 908. The molecule has 0 spiro atoms. The molecule has 0 unspecified atom stereocenters. The van der Waals surface area contributed by atoms with Crippen LogP contribution in [0.3, 0.4) is 0 Å². The maximum atomic E-state index is 13.7. The van der Waals surface area contributed by atoms with Gasteiger partial charge in [0.15, 0.2) is 5.82 Å². The highest BCUT2D eigenvalue weighted by atomic mass is 35.5. The van der Waals surface area contributed by atoms with E-state index in [0.717, 1.165) is 30.8 Å². The van der Waals surface area contributed by atoms with Crippen molar-refractivity contribution in [2.45, 2.75) is 18.9 Å². The number of nitrogens with one attached hydrogen (secondary N) is 2. The van der Waals surface area contributed by atoms with Gasteiger partial charge in [-0.1, -0.05) is 12.1 Å². The molecule has 1 amide bonds. The molecule has 0 saturated carbocycles. The van der Waals surface area contributed by atoms with Gasteiger partial charge in [-0.2, -0.15) is 0 Å². The molecule has 3 heterocycles. The molecule has 1 aliphatic rings. The largest absolute Gasteiger partial charge is 0.345 e. The number of thiophene rings is 1. The normalized spacial score (nSPS) is 16.6. The first-order valence-electron chi connectivity index (χ1n) is 8.49. The Morgan fingerprint density at radius 1 is 1.33 bits per heavy atom. The average molecular weight is 408 g/mol. The number of hydrogen-bond acceptors (Lipinski definition) is 5. The lowest BCUT2D eigenvalue weighted by Gasteiger charge is -2.23. The zero-order valence-electron chi connectivity index (χ0n) is 14.4. The number of carbonyl (C=O) groups excluding carboxylic acids is 1. The highest BCUT2D eigenvalue weighted by Gasteiger charge is 2.22. The highest BCUT2D eigenvalue weighted by Crippen LogP contribution is 2.25. The molecule has 1 aliphatic heterocycles. The molecule has 0 aliphatic carbocycles. The van der Waals surface area contributed by atoms with E-state index in [9.17, 15) is 9.18 Å². The second-order valence-corrected chi connectivity index (χ2v) is 7.09. The van der Waals surface area contributed by atoms with Crippen LogP contribution in [0, 0.1) is 5.82 Å². The molecule has 1 aromatic carbocycles. The second kappa shape index (κ2) is 8.60. The quantitative estimate of drug-likeness (QED) is 0.697. The number of piperidine rings is 1. The van der Waals surface area contributed by atoms with E-state index in [-0.39, 0.29) is 36.0 Å². The summed E-state index contributed by atoms with van der Waals surface area (Å²) in [5.74, 6) is -0.0678. The maximum Gasteiger partial charge on any atom is 0.291 e. The standard InChI is InChI=1S/C18H18FN5OS.ClH/c19-12-4-1-6-14(10-12)24-17(15-7-3-9-26-15)22-16(23-24)18(25)21-13-5-2-8-20-11-13;/h1,3-4,6-7,9-10,13,20H,2,5,8,11H2,(H,21,25);1H/t13-;/m0./s1. The summed E-state index contributed by atoms with van der Waals surface area (Å²) in [6.07, 6.45) is 1.96. The van der Waals surface area contributed by atoms with E-state index in [2.05, 4.69) is 20.7 Å². The molecule has 1 atom stereocenters. The molecular formula is C18H19ClFN5OS. The Kier molecular flexibility index (Phi) is 6.20. The fraction of sp³-hybridized carbons (Fsp3) is 0.278. The maximum absolute atomic E-state index is 13.7. The lowest BCUT2D eigenvalue weighted by atomic mass is 10.1. The topological polar surface area (TPSA) is 71.8 Å². The minimum Gasteiger partial charge on any atom is -0.345 e. The monoisotopic (exact) mass is 407 g/mol. The smallest absolute Gasteiger partial charge is 0.291 e. The fourth-order valence-corrected chi connectivity index (χ4v) is 3.68. The second-order valence-electron chi connectivity index (χ2n) is 6.14. The number of aromatic nitrogens is 3. The van der Waals surface area contributed by atoms with E-state index in [1.807, 2.05) is 17.5 Å². The van der Waals surface area contributed by atoms with Gasteiger partial charge in [0.1, 0.15) is 5.82 Å². The van der Waals surface area contributed by atoms with Gasteiger partial charge in [0.25, 0.3) is 5.91 Å². The minimum absolute atomic E-state index is 0. The third-order valence-electron chi connectivity index (χ3n) is 4.24. The molecule has 2 N–H and O–H groups in total. The van der Waals surface area contributed by atoms with Crippen LogP contribution in [0.2, 0.25) is 0 Å². The molecule has 27 heavy (non-hydrogen) atoms. The van der Waals surface area contributed by atoms with Crippen LogP contribution in [-0.4, -0.2) is 39.8 Å². The first-order chi connectivity index (χ1) is 12.7. The molecule has 9 heteroatoms. The third kappa shape index (κ3) is 4.35. The van der Waals surface area contributed by atoms with Gasteiger partial charge in [0, 0.05) is 12.6 Å². The van der Waals surface area contributed by atoms with E-state index in [1.54, 1.807) is 12.1 Å². The van der Waals surface area contributed by atoms with Crippen LogP contribution in [-0.2, 0) is 0 Å². The summed E-state index contributed by atoms with van der Waals surface area (Å²) >= 11 is 1.49. The Morgan fingerprint density at radius 2 is 2.22 bits per heavy atom. The van der Waals surface area contributed by atoms with Crippen molar-refractivity contribution in [2.75, 3.05) is 13.1 Å². The molecule has 142 valence electrons. The summed E-state index contributed by atoms with van der Waals surface area (Å²) in [7, 11) is 0. The molecule has 1 saturated heterocycles. The van der Waals surface area contributed by atoms with Crippen molar-refractivity contribution in [2.24, 2.45) is 0 Å². The van der Waals surface area contributed by atoms with Crippen molar-refractivity contribution in [3.05, 3.63) is 53.4 Å². The summed E-state index contributed by atoms with van der Waals surface area (Å²) in [5.41, 5.74) is 0.527. The summed E-state index contributed by atoms with van der Waals surface area (Å²) in [6.45, 7) is 1.72. The number of halogens is 2. The Hall–Kier alpha value is -2.29. The first kappa shape index (κ1) is 19.5. The van der Waals surface area contributed by atoms with Gasteiger partial charge < -0.3 is 10.6 Å². The Morgan fingerprint density at radius 3 is 2.93 bits per heavy atom. The predicted molar refractivity (Wildman–Crippen MR) is 105 cm³/mol. The van der Waals surface area contributed by atoms with Gasteiger partial charge in [0.05, 0.1) is 10.6 Å². The molecule has 3 aromatic rings. The van der Waals surface area contributed by atoms with Crippen molar-refractivity contribution in [3.63, 3.8) is 0 Å². The number of carbonyl (C=O) groups is 1. The summed E-state index contributed by atoms with van der Waals surface area (Å²) in [6, 6.07) is 9.96. The zero-order chi connectivity index (χ0) is 17.9. The van der Waals surface area contributed by atoms with Crippen LogP contribution in [0.5, 0.6) is 0 Å². The van der Waals surface area contributed by atoms with E-state index in [4.69, 9.17) is 0 Å². The number of nitrogens with zero attached hydrogens (tertiary/aromatic N) is 3. The van der Waals surface area contributed by atoms with Crippen LogP contribution in [0.15, 0.2) is 41.8 Å². The van der Waals surface area contributed by atoms with Gasteiger partial charge >= 0.3 is 0 Å². The Balaban J connectivity index is 0.00000210. The van der Waals surface area contributed by atoms with Crippen molar-refractivity contribution in [1.82, 2.24) is 25.4 Å². The Labute approximate surface area is 166 Å². The van der Waals surface area contributed by atoms with Crippen molar-refractivity contribution in [1.29, 1.82) is 0 Å². The lowest BCUT2D eigenvalue weighted by molar-refractivity contribution is 0.0920. The summed E-state index contributed by atoms with van der Waals surface area (Å²) in [5, 5.41) is 12.5. The van der Waals surface area contributed by atoms with Crippen LogP contribution in [0.25, 0.3) is 16.4 Å². The molecule has 0 bridgehead atoms. The van der Waals surface area contributed by atoms with Crippen LogP contribution in [0.4, 0.5) is 4.39 Å². The zero-order valence-corrected chi connectivity index (χ0v) is 16.0. The van der Waals surface area contributed by atoms with E-state index < -0.39 is 0 Å². The minimum atomic E-state index is -0.366. The average Bonchev–Trinajstić information content (AvgIpc) is 3.32. The van der Waals surface area contributed by atoms with E-state index >= 15 is 0 Å². The number of amides is 1. The lowest BCUT2D eigenvalue weighted by Crippen LogP contribution is -2.45. The highest BCUT2D eigenvalue weighted by molar-refractivity contribution is 7.13. The molecule has 4 rings (SSSR count). The van der Waals surface area contributed by atoms with Gasteiger partial charge in [-0.15, -0.1) is 28.8 Å². The molecular weight excluding hydrogens is 389 g/mol. The molecule has 6 nitrogen and oxygen atoms in total. The van der Waals surface area contributed by atoms with Crippen LogP contribution < -0.4 is 10.6 Å². The van der Waals surface area contributed by atoms with Gasteiger partial charge in [0.2, 0.25) is 5.82 Å². The van der Waals surface area contributed by atoms with Crippen molar-refractivity contribution >= 4 is 29.7 Å². The van der Waals surface area contributed by atoms with Gasteiger partial charge in [-0.3, -0.25) is 4.79 Å². The number of benzene rings is 1. The molecule has 1 fully saturated rings. The van der Waals surface area contributed by atoms with Crippen molar-refractivity contribution in [3.8, 4) is 16.4 Å². The molecule has 0 radical (unpaired) electrons. The molecule has 2 aromatic heterocycles. The number of rotatable bonds is 4. The first-order valence-corrected chi connectivity index (χ1v) is 9.37. The summed E-state index contributed by atoms with van der Waals surface area (Å²) in [4.78, 5) is 17.9. The predicted octanol–water partition coefficient (Wildman–Crippen LogP) is 3.04. The number of hydrogen-bond donors (Lipinski definition) is 2. The SMILES string of the molecule is Cl.O=C(N[C@H]1CCCNC1)c1nc(-c2cccs2)n(-c2cccc(F)c2)n1. The van der Waals surface area contributed by atoms with E-state index in [0.29, 0.717) is 11.5 Å². The van der Waals surface area contributed by atoms with Crippen LogP contribution in [0.1, 0.15) is 23.5 Å². The van der Waals surface area contributed by atoms with Crippen molar-refractivity contribution < 1.29 is 9.18 Å². The third-order valence-corrected chi connectivity index (χ3v) is 5.10.